The van der Waals surface area contributed by atoms with Gasteiger partial charge in [0.05, 0.1) is 5.92 Å². The smallest absolute Gasteiger partial charge is 0.307 e. The summed E-state index contributed by atoms with van der Waals surface area (Å²) in [4.78, 5) is 22.2. The Hall–Kier alpha value is -1.06. The second-order valence-electron chi connectivity index (χ2n) is 5.39. The molecular formula is C12H21NO3. The summed E-state index contributed by atoms with van der Waals surface area (Å²) in [5.41, 5.74) is -0.281. The Morgan fingerprint density at radius 3 is 2.31 bits per heavy atom. The zero-order valence-corrected chi connectivity index (χ0v) is 10.4. The van der Waals surface area contributed by atoms with Crippen molar-refractivity contribution in [3.63, 3.8) is 0 Å². The molecule has 1 fully saturated rings. The van der Waals surface area contributed by atoms with E-state index < -0.39 is 5.97 Å². The van der Waals surface area contributed by atoms with Crippen LogP contribution in [0.5, 0.6) is 0 Å². The number of hydrogen-bond donors (Lipinski definition) is 2. The van der Waals surface area contributed by atoms with Crippen LogP contribution in [-0.4, -0.2) is 23.0 Å². The predicted octanol–water partition coefficient (Wildman–Crippen LogP) is 1.65. The van der Waals surface area contributed by atoms with Crippen molar-refractivity contribution in [2.24, 2.45) is 17.3 Å². The van der Waals surface area contributed by atoms with Crippen molar-refractivity contribution in [3.05, 3.63) is 0 Å². The number of hydrogen-bond acceptors (Lipinski definition) is 2. The van der Waals surface area contributed by atoms with Gasteiger partial charge in [-0.3, -0.25) is 9.59 Å². The van der Waals surface area contributed by atoms with Gasteiger partial charge in [0, 0.05) is 13.0 Å². The van der Waals surface area contributed by atoms with E-state index in [9.17, 15) is 14.7 Å². The van der Waals surface area contributed by atoms with E-state index in [1.807, 2.05) is 20.8 Å². The largest absolute Gasteiger partial charge is 0.481 e. The fraction of sp³-hybridized carbons (Fsp3) is 0.833. The molecule has 0 radical (unpaired) electrons. The average Bonchev–Trinajstić information content (AvgIpc) is 2.11. The first-order valence-electron chi connectivity index (χ1n) is 5.76. The number of rotatable bonds is 2. The third kappa shape index (κ3) is 2.36. The van der Waals surface area contributed by atoms with Crippen LogP contribution in [-0.2, 0) is 9.59 Å². The Morgan fingerprint density at radius 1 is 1.31 bits per heavy atom. The van der Waals surface area contributed by atoms with E-state index in [-0.39, 0.29) is 29.2 Å². The van der Waals surface area contributed by atoms with Crippen molar-refractivity contribution in [1.29, 1.82) is 0 Å². The molecule has 0 aromatic carbocycles. The van der Waals surface area contributed by atoms with Crippen LogP contribution >= 0.6 is 0 Å². The Balaban J connectivity index is 2.82. The minimum absolute atomic E-state index is 0.0403. The number of carboxylic acids is 1. The Labute approximate surface area is 96.4 Å². The topological polar surface area (TPSA) is 66.4 Å². The number of carboxylic acid groups (broad SMARTS) is 1. The van der Waals surface area contributed by atoms with E-state index >= 15 is 0 Å². The van der Waals surface area contributed by atoms with Crippen molar-refractivity contribution in [3.8, 4) is 0 Å². The van der Waals surface area contributed by atoms with Crippen LogP contribution in [0, 0.1) is 17.3 Å². The molecule has 4 nitrogen and oxygen atoms in total. The van der Waals surface area contributed by atoms with Gasteiger partial charge in [-0.1, -0.05) is 20.8 Å². The highest BCUT2D eigenvalue weighted by molar-refractivity contribution is 5.74. The zero-order valence-electron chi connectivity index (χ0n) is 10.4. The van der Waals surface area contributed by atoms with Gasteiger partial charge in [0.1, 0.15) is 0 Å². The molecule has 4 heteroatoms. The summed E-state index contributed by atoms with van der Waals surface area (Å²) < 4.78 is 0. The van der Waals surface area contributed by atoms with Gasteiger partial charge in [-0.25, -0.2) is 0 Å². The number of carbonyl (C=O) groups is 2. The van der Waals surface area contributed by atoms with Gasteiger partial charge >= 0.3 is 5.97 Å². The summed E-state index contributed by atoms with van der Waals surface area (Å²) in [5.74, 6) is -0.904. The third-order valence-electron chi connectivity index (χ3n) is 4.13. The van der Waals surface area contributed by atoms with Gasteiger partial charge in [0.25, 0.3) is 0 Å². The molecular weight excluding hydrogens is 206 g/mol. The molecule has 2 N–H and O–H groups in total. The first-order chi connectivity index (χ1) is 7.26. The van der Waals surface area contributed by atoms with Crippen LogP contribution in [0.2, 0.25) is 0 Å². The van der Waals surface area contributed by atoms with Gasteiger partial charge in [0.15, 0.2) is 0 Å². The molecule has 1 amide bonds. The number of aliphatic carboxylic acids is 1. The summed E-state index contributed by atoms with van der Waals surface area (Å²) >= 11 is 0. The van der Waals surface area contributed by atoms with Gasteiger partial charge in [-0.15, -0.1) is 0 Å². The second-order valence-corrected chi connectivity index (χ2v) is 5.39. The summed E-state index contributed by atoms with van der Waals surface area (Å²) in [6, 6.07) is 0.100. The highest BCUT2D eigenvalue weighted by Gasteiger charge is 2.46. The molecule has 1 rings (SSSR count). The molecule has 0 heterocycles. The van der Waals surface area contributed by atoms with Gasteiger partial charge in [-0.2, -0.15) is 0 Å². The Morgan fingerprint density at radius 2 is 1.88 bits per heavy atom. The van der Waals surface area contributed by atoms with Crippen LogP contribution in [0.15, 0.2) is 0 Å². The Kier molecular flexibility index (Phi) is 3.61. The average molecular weight is 227 g/mol. The number of nitrogens with one attached hydrogen (secondary N) is 1. The summed E-state index contributed by atoms with van der Waals surface area (Å²) in [6.07, 6.45) is 1.39. The number of amides is 1. The third-order valence-corrected chi connectivity index (χ3v) is 4.13. The standard InChI is InChI=1S/C12H21NO3/c1-7-10(13-8(2)14)6-5-9(11(15)16)12(7,3)4/h7,9-10H,5-6H2,1-4H3,(H,13,14)(H,15,16). The van der Waals surface area contributed by atoms with Crippen LogP contribution in [0.1, 0.15) is 40.5 Å². The minimum atomic E-state index is -0.724. The molecule has 1 saturated carbocycles. The zero-order chi connectivity index (χ0) is 12.5. The fourth-order valence-electron chi connectivity index (χ4n) is 2.70. The summed E-state index contributed by atoms with van der Waals surface area (Å²) in [6.45, 7) is 7.48. The van der Waals surface area contributed by atoms with Crippen molar-refractivity contribution >= 4 is 11.9 Å². The summed E-state index contributed by atoms with van der Waals surface area (Å²) in [5, 5.41) is 12.1. The van der Waals surface area contributed by atoms with Crippen molar-refractivity contribution in [1.82, 2.24) is 5.32 Å². The van der Waals surface area contributed by atoms with E-state index in [0.717, 1.165) is 6.42 Å². The second kappa shape index (κ2) is 4.44. The van der Waals surface area contributed by atoms with Crippen LogP contribution in [0.3, 0.4) is 0 Å². The summed E-state index contributed by atoms with van der Waals surface area (Å²) in [7, 11) is 0. The lowest BCUT2D eigenvalue weighted by Crippen LogP contribution is -2.52. The van der Waals surface area contributed by atoms with E-state index in [1.54, 1.807) is 0 Å². The normalized spacial score (nSPS) is 33.1. The highest BCUT2D eigenvalue weighted by Crippen LogP contribution is 2.44. The molecule has 0 saturated heterocycles. The van der Waals surface area contributed by atoms with E-state index in [4.69, 9.17) is 0 Å². The van der Waals surface area contributed by atoms with Crippen molar-refractivity contribution in [2.45, 2.75) is 46.6 Å². The molecule has 0 bridgehead atoms. The highest BCUT2D eigenvalue weighted by atomic mass is 16.4. The maximum atomic E-state index is 11.2. The predicted molar refractivity (Wildman–Crippen MR) is 60.9 cm³/mol. The van der Waals surface area contributed by atoms with Crippen LogP contribution in [0.25, 0.3) is 0 Å². The first-order valence-corrected chi connectivity index (χ1v) is 5.76. The van der Waals surface area contributed by atoms with Crippen molar-refractivity contribution < 1.29 is 14.7 Å². The van der Waals surface area contributed by atoms with Gasteiger partial charge < -0.3 is 10.4 Å². The molecule has 0 aromatic heterocycles. The van der Waals surface area contributed by atoms with Gasteiger partial charge in [-0.05, 0) is 24.2 Å². The molecule has 0 aliphatic heterocycles. The SMILES string of the molecule is CC(=O)NC1CCC(C(=O)O)C(C)(C)C1C. The molecule has 16 heavy (non-hydrogen) atoms. The Bertz CT molecular complexity index is 299. The minimum Gasteiger partial charge on any atom is -0.481 e. The van der Waals surface area contributed by atoms with E-state index in [1.165, 1.54) is 6.92 Å². The fourth-order valence-corrected chi connectivity index (χ4v) is 2.70. The first kappa shape index (κ1) is 13.0. The maximum Gasteiger partial charge on any atom is 0.307 e. The maximum absolute atomic E-state index is 11.2. The lowest BCUT2D eigenvalue weighted by molar-refractivity contribution is -0.150. The van der Waals surface area contributed by atoms with Crippen molar-refractivity contribution in [2.75, 3.05) is 0 Å². The lowest BCUT2D eigenvalue weighted by Gasteiger charge is -2.46. The molecule has 0 aromatic rings. The molecule has 3 unspecified atom stereocenters. The molecule has 3 atom stereocenters. The molecule has 92 valence electrons. The molecule has 1 aliphatic rings. The lowest BCUT2D eigenvalue weighted by atomic mass is 9.61. The van der Waals surface area contributed by atoms with E-state index in [0.29, 0.717) is 6.42 Å². The molecule has 0 spiro atoms. The quantitative estimate of drug-likeness (QED) is 0.753. The van der Waals surface area contributed by atoms with Crippen LogP contribution < -0.4 is 5.32 Å². The molecule has 1 aliphatic carbocycles. The van der Waals surface area contributed by atoms with Gasteiger partial charge in [0.2, 0.25) is 5.91 Å². The number of carbonyl (C=O) groups excluding carboxylic acids is 1. The monoisotopic (exact) mass is 227 g/mol. The van der Waals surface area contributed by atoms with Crippen LogP contribution in [0.4, 0.5) is 0 Å². The van der Waals surface area contributed by atoms with E-state index in [2.05, 4.69) is 5.32 Å².